The van der Waals surface area contributed by atoms with Crippen LogP contribution in [0, 0.1) is 23.7 Å². The molecule has 24 heavy (non-hydrogen) atoms. The fourth-order valence-electron chi connectivity index (χ4n) is 6.43. The van der Waals surface area contributed by atoms with Crippen LogP contribution in [0.4, 0.5) is 0 Å². The lowest BCUT2D eigenvalue weighted by Gasteiger charge is -2.56. The zero-order valence-corrected chi connectivity index (χ0v) is 14.7. The molecule has 0 unspecified atom stereocenters. The number of rotatable bonds is 6. The Morgan fingerprint density at radius 1 is 0.958 bits per heavy atom. The molecule has 5 rings (SSSR count). The summed E-state index contributed by atoms with van der Waals surface area (Å²) in [5, 5.41) is 3.26. The summed E-state index contributed by atoms with van der Waals surface area (Å²) in [6.45, 7) is -0.0920. The standard InChI is InChI=1S/C20H31NO3/c22-18(13-24-19(23)6-5-14-3-1-2-4-14)21-20-10-15-7-16(11-20)9-17(8-15)12-20/h14-17H,1-13H2,(H,21,22). The van der Waals surface area contributed by atoms with Crippen LogP contribution < -0.4 is 5.32 Å². The van der Waals surface area contributed by atoms with Gasteiger partial charge in [0.05, 0.1) is 0 Å². The van der Waals surface area contributed by atoms with Crippen molar-refractivity contribution in [3.63, 3.8) is 0 Å². The molecular weight excluding hydrogens is 302 g/mol. The van der Waals surface area contributed by atoms with Crippen molar-refractivity contribution in [1.29, 1.82) is 0 Å². The van der Waals surface area contributed by atoms with Crippen LogP contribution in [0.3, 0.4) is 0 Å². The van der Waals surface area contributed by atoms with E-state index in [4.69, 9.17) is 4.74 Å². The molecule has 4 bridgehead atoms. The molecule has 0 aliphatic heterocycles. The van der Waals surface area contributed by atoms with Gasteiger partial charge in [0.1, 0.15) is 0 Å². The van der Waals surface area contributed by atoms with Gasteiger partial charge in [-0.2, -0.15) is 0 Å². The van der Waals surface area contributed by atoms with Crippen LogP contribution >= 0.6 is 0 Å². The van der Waals surface area contributed by atoms with E-state index in [2.05, 4.69) is 5.32 Å². The second-order valence-electron chi connectivity index (χ2n) is 9.10. The Kier molecular flexibility index (Phi) is 4.57. The van der Waals surface area contributed by atoms with Crippen LogP contribution in [0.15, 0.2) is 0 Å². The zero-order valence-electron chi connectivity index (χ0n) is 14.7. The molecule has 0 aromatic heterocycles. The van der Waals surface area contributed by atoms with E-state index in [1.165, 1.54) is 44.9 Å². The Morgan fingerprint density at radius 3 is 2.12 bits per heavy atom. The summed E-state index contributed by atoms with van der Waals surface area (Å²) in [6, 6.07) is 0. The van der Waals surface area contributed by atoms with Gasteiger partial charge in [-0.1, -0.05) is 25.7 Å². The molecule has 5 fully saturated rings. The van der Waals surface area contributed by atoms with Crippen LogP contribution in [0.2, 0.25) is 0 Å². The molecule has 5 aliphatic rings. The second-order valence-corrected chi connectivity index (χ2v) is 9.10. The number of nitrogens with one attached hydrogen (secondary N) is 1. The predicted molar refractivity (Wildman–Crippen MR) is 91.2 cm³/mol. The highest BCUT2D eigenvalue weighted by atomic mass is 16.5. The Labute approximate surface area is 145 Å². The smallest absolute Gasteiger partial charge is 0.306 e. The summed E-state index contributed by atoms with van der Waals surface area (Å²) in [4.78, 5) is 24.2. The maximum Gasteiger partial charge on any atom is 0.306 e. The van der Waals surface area contributed by atoms with E-state index in [1.54, 1.807) is 0 Å². The molecule has 5 aliphatic carbocycles. The molecule has 0 aromatic carbocycles. The molecule has 1 amide bonds. The van der Waals surface area contributed by atoms with E-state index in [0.717, 1.165) is 43.4 Å². The molecular formula is C20H31NO3. The molecule has 134 valence electrons. The lowest BCUT2D eigenvalue weighted by atomic mass is 9.53. The first kappa shape index (κ1) is 16.4. The average molecular weight is 333 g/mol. The fourth-order valence-corrected chi connectivity index (χ4v) is 6.43. The van der Waals surface area contributed by atoms with E-state index in [-0.39, 0.29) is 24.0 Å². The van der Waals surface area contributed by atoms with Crippen molar-refractivity contribution in [1.82, 2.24) is 5.32 Å². The van der Waals surface area contributed by atoms with Crippen molar-refractivity contribution < 1.29 is 14.3 Å². The van der Waals surface area contributed by atoms with Crippen molar-refractivity contribution in [3.05, 3.63) is 0 Å². The highest BCUT2D eigenvalue weighted by molar-refractivity contribution is 5.81. The third kappa shape index (κ3) is 3.62. The zero-order chi connectivity index (χ0) is 16.6. The number of hydrogen-bond acceptors (Lipinski definition) is 3. The normalized spacial score (nSPS) is 37.6. The third-order valence-corrected chi connectivity index (χ3v) is 7.04. The quantitative estimate of drug-likeness (QED) is 0.756. The monoisotopic (exact) mass is 333 g/mol. The summed E-state index contributed by atoms with van der Waals surface area (Å²) in [6.07, 6.45) is 14.0. The molecule has 1 N–H and O–H groups in total. The van der Waals surface area contributed by atoms with Crippen molar-refractivity contribution >= 4 is 11.9 Å². The first-order chi connectivity index (χ1) is 11.6. The fraction of sp³-hybridized carbons (Fsp3) is 0.900. The molecule has 5 saturated carbocycles. The van der Waals surface area contributed by atoms with Gasteiger partial charge >= 0.3 is 5.97 Å². The Bertz CT molecular complexity index is 460. The summed E-state index contributed by atoms with van der Waals surface area (Å²) >= 11 is 0. The molecule has 4 heteroatoms. The highest BCUT2D eigenvalue weighted by Gasteiger charge is 2.51. The number of carbonyl (C=O) groups excluding carboxylic acids is 2. The van der Waals surface area contributed by atoms with E-state index < -0.39 is 0 Å². The molecule has 0 radical (unpaired) electrons. The van der Waals surface area contributed by atoms with E-state index >= 15 is 0 Å². The minimum Gasteiger partial charge on any atom is -0.456 e. The molecule has 0 atom stereocenters. The lowest BCUT2D eigenvalue weighted by molar-refractivity contribution is -0.150. The third-order valence-electron chi connectivity index (χ3n) is 7.04. The lowest BCUT2D eigenvalue weighted by Crippen LogP contribution is -2.60. The number of ether oxygens (including phenoxy) is 1. The SMILES string of the molecule is O=C(COC(=O)CCC1CCCC1)NC12CC3CC(CC(C3)C1)C2. The summed E-state index contributed by atoms with van der Waals surface area (Å²) in [5.41, 5.74) is 0.0160. The van der Waals surface area contributed by atoms with Crippen molar-refractivity contribution in [2.24, 2.45) is 23.7 Å². The number of esters is 1. The van der Waals surface area contributed by atoms with Crippen LogP contribution in [0.25, 0.3) is 0 Å². The van der Waals surface area contributed by atoms with Crippen LogP contribution in [-0.4, -0.2) is 24.0 Å². The van der Waals surface area contributed by atoms with Crippen LogP contribution in [0.1, 0.15) is 77.0 Å². The Morgan fingerprint density at radius 2 is 1.54 bits per heavy atom. The Balaban J connectivity index is 1.20. The van der Waals surface area contributed by atoms with Gasteiger partial charge in [-0.05, 0) is 68.6 Å². The largest absolute Gasteiger partial charge is 0.456 e. The molecule has 0 aromatic rings. The molecule has 4 nitrogen and oxygen atoms in total. The molecule has 0 heterocycles. The maximum absolute atomic E-state index is 12.3. The van der Waals surface area contributed by atoms with Crippen LogP contribution in [-0.2, 0) is 14.3 Å². The van der Waals surface area contributed by atoms with Crippen molar-refractivity contribution in [2.75, 3.05) is 6.61 Å². The minimum atomic E-state index is -0.206. The Hall–Kier alpha value is -1.06. The van der Waals surface area contributed by atoms with E-state index in [0.29, 0.717) is 12.3 Å². The number of hydrogen-bond donors (Lipinski definition) is 1. The molecule has 0 spiro atoms. The number of carbonyl (C=O) groups is 2. The highest BCUT2D eigenvalue weighted by Crippen LogP contribution is 2.55. The van der Waals surface area contributed by atoms with Gasteiger partial charge in [0.2, 0.25) is 0 Å². The van der Waals surface area contributed by atoms with Gasteiger partial charge < -0.3 is 10.1 Å². The van der Waals surface area contributed by atoms with E-state index in [9.17, 15) is 9.59 Å². The van der Waals surface area contributed by atoms with Crippen LogP contribution in [0.5, 0.6) is 0 Å². The van der Waals surface area contributed by atoms with E-state index in [1.807, 2.05) is 0 Å². The summed E-state index contributed by atoms with van der Waals surface area (Å²) < 4.78 is 5.23. The number of amides is 1. The summed E-state index contributed by atoms with van der Waals surface area (Å²) in [7, 11) is 0. The van der Waals surface area contributed by atoms with Gasteiger partial charge in [0.25, 0.3) is 5.91 Å². The van der Waals surface area contributed by atoms with Gasteiger partial charge in [0.15, 0.2) is 6.61 Å². The van der Waals surface area contributed by atoms with Crippen molar-refractivity contribution in [2.45, 2.75) is 82.6 Å². The average Bonchev–Trinajstić information content (AvgIpc) is 3.02. The van der Waals surface area contributed by atoms with Gasteiger partial charge in [-0.3, -0.25) is 9.59 Å². The first-order valence-electron chi connectivity index (χ1n) is 10.1. The predicted octanol–water partition coefficient (Wildman–Crippen LogP) is 3.59. The summed E-state index contributed by atoms with van der Waals surface area (Å²) in [5.74, 6) is 2.83. The first-order valence-corrected chi connectivity index (χ1v) is 10.1. The van der Waals surface area contributed by atoms with Gasteiger partial charge in [-0.15, -0.1) is 0 Å². The topological polar surface area (TPSA) is 55.4 Å². The van der Waals surface area contributed by atoms with Gasteiger partial charge in [-0.25, -0.2) is 0 Å². The minimum absolute atomic E-state index is 0.0160. The molecule has 0 saturated heterocycles. The maximum atomic E-state index is 12.3. The van der Waals surface area contributed by atoms with Gasteiger partial charge in [0, 0.05) is 12.0 Å². The van der Waals surface area contributed by atoms with Crippen molar-refractivity contribution in [3.8, 4) is 0 Å². The second kappa shape index (κ2) is 6.68.